The molecule has 0 saturated heterocycles. The van der Waals surface area contributed by atoms with Crippen molar-refractivity contribution < 1.29 is 9.52 Å². The summed E-state index contributed by atoms with van der Waals surface area (Å²) < 4.78 is 5.19. The van der Waals surface area contributed by atoms with Gasteiger partial charge in [0, 0.05) is 5.56 Å². The van der Waals surface area contributed by atoms with Crippen LogP contribution < -0.4 is 0 Å². The molecule has 2 nitrogen and oxygen atoms in total. The van der Waals surface area contributed by atoms with Crippen LogP contribution in [0.2, 0.25) is 0 Å². The summed E-state index contributed by atoms with van der Waals surface area (Å²) in [5.74, 6) is 0.878. The number of hydrogen-bond donors (Lipinski definition) is 1. The number of aliphatic hydroxyl groups is 1. The molecule has 2 heteroatoms. The van der Waals surface area contributed by atoms with Gasteiger partial charge < -0.3 is 9.52 Å². The summed E-state index contributed by atoms with van der Waals surface area (Å²) in [7, 11) is 0. The molecule has 1 N–H and O–H groups in total. The number of allylic oxidation sites excluding steroid dienone is 1. The summed E-state index contributed by atoms with van der Waals surface area (Å²) in [5, 5.41) is 9.22. The second-order valence-electron chi connectivity index (χ2n) is 3.65. The van der Waals surface area contributed by atoms with Crippen molar-refractivity contribution in [2.75, 3.05) is 6.61 Å². The molecule has 0 spiro atoms. The minimum atomic E-state index is 0.0575. The molecular formula is C13H18O2. The summed E-state index contributed by atoms with van der Waals surface area (Å²) >= 11 is 0. The fourth-order valence-electron chi connectivity index (χ4n) is 1.30. The Bertz CT molecular complexity index is 370. The van der Waals surface area contributed by atoms with Crippen molar-refractivity contribution in [3.8, 4) is 0 Å². The van der Waals surface area contributed by atoms with Crippen LogP contribution >= 0.6 is 0 Å². The van der Waals surface area contributed by atoms with Gasteiger partial charge in [-0.2, -0.15) is 0 Å². The van der Waals surface area contributed by atoms with Crippen LogP contribution in [0.4, 0.5) is 0 Å². The second-order valence-corrected chi connectivity index (χ2v) is 3.65. The normalized spacial score (nSPS) is 13.3. The predicted octanol–water partition coefficient (Wildman–Crippen LogP) is 3.32. The topological polar surface area (TPSA) is 33.4 Å². The van der Waals surface area contributed by atoms with Crippen molar-refractivity contribution in [3.05, 3.63) is 40.9 Å². The average molecular weight is 206 g/mol. The van der Waals surface area contributed by atoms with Crippen molar-refractivity contribution >= 4 is 6.08 Å². The Hall–Kier alpha value is -1.28. The van der Waals surface area contributed by atoms with Gasteiger partial charge in [-0.25, -0.2) is 0 Å². The minimum absolute atomic E-state index is 0.0575. The van der Waals surface area contributed by atoms with Crippen molar-refractivity contribution in [3.63, 3.8) is 0 Å². The monoisotopic (exact) mass is 206 g/mol. The molecular weight excluding hydrogens is 188 g/mol. The predicted molar refractivity (Wildman–Crippen MR) is 62.6 cm³/mol. The molecule has 0 unspecified atom stereocenters. The lowest BCUT2D eigenvalue weighted by Crippen LogP contribution is -1.88. The molecule has 1 rings (SSSR count). The van der Waals surface area contributed by atoms with Crippen LogP contribution in [0.1, 0.15) is 31.6 Å². The highest BCUT2D eigenvalue weighted by Crippen LogP contribution is 2.15. The number of hydrogen-bond acceptors (Lipinski definition) is 2. The van der Waals surface area contributed by atoms with Crippen LogP contribution in [0.3, 0.4) is 0 Å². The zero-order valence-electron chi connectivity index (χ0n) is 9.58. The summed E-state index contributed by atoms with van der Waals surface area (Å²) in [6, 6.07) is 1.90. The molecule has 0 bridgehead atoms. The molecule has 1 aromatic heterocycles. The molecule has 0 aliphatic rings. The van der Waals surface area contributed by atoms with E-state index in [2.05, 4.69) is 13.8 Å². The molecule has 1 aromatic rings. The van der Waals surface area contributed by atoms with Gasteiger partial charge in [-0.3, -0.25) is 0 Å². The van der Waals surface area contributed by atoms with E-state index in [-0.39, 0.29) is 6.61 Å². The van der Waals surface area contributed by atoms with Gasteiger partial charge in [0.15, 0.2) is 0 Å². The first kappa shape index (κ1) is 11.8. The van der Waals surface area contributed by atoms with Crippen LogP contribution in [0.5, 0.6) is 0 Å². The maximum absolute atomic E-state index is 9.22. The van der Waals surface area contributed by atoms with E-state index in [1.807, 2.05) is 25.1 Å². The van der Waals surface area contributed by atoms with Gasteiger partial charge in [-0.05, 0) is 38.0 Å². The lowest BCUT2D eigenvalue weighted by atomic mass is 10.1. The summed E-state index contributed by atoms with van der Waals surface area (Å²) in [4.78, 5) is 0. The maximum atomic E-state index is 9.22. The van der Waals surface area contributed by atoms with Crippen LogP contribution in [-0.2, 0) is 0 Å². The van der Waals surface area contributed by atoms with Crippen molar-refractivity contribution in [2.45, 2.75) is 27.2 Å². The molecule has 15 heavy (non-hydrogen) atoms. The number of furan rings is 1. The first-order valence-corrected chi connectivity index (χ1v) is 5.20. The molecule has 0 aromatic carbocycles. The zero-order chi connectivity index (χ0) is 11.3. The SMILES string of the molecule is CCC(C)=C/C(=C\c1ccoc1C)CO. The third-order valence-electron chi connectivity index (χ3n) is 2.41. The van der Waals surface area contributed by atoms with Gasteiger partial charge in [0.1, 0.15) is 5.76 Å². The maximum Gasteiger partial charge on any atom is 0.107 e. The van der Waals surface area contributed by atoms with Gasteiger partial charge in [-0.15, -0.1) is 0 Å². The molecule has 82 valence electrons. The first-order valence-electron chi connectivity index (χ1n) is 5.20. The Morgan fingerprint density at radius 1 is 1.53 bits per heavy atom. The number of rotatable bonds is 4. The van der Waals surface area contributed by atoms with E-state index in [1.165, 1.54) is 5.57 Å². The minimum Gasteiger partial charge on any atom is -0.469 e. The van der Waals surface area contributed by atoms with Gasteiger partial charge in [0.25, 0.3) is 0 Å². The molecule has 0 atom stereocenters. The quantitative estimate of drug-likeness (QED) is 0.767. The van der Waals surface area contributed by atoms with E-state index in [1.54, 1.807) is 6.26 Å². The Balaban J connectivity index is 2.93. The van der Waals surface area contributed by atoms with E-state index in [0.717, 1.165) is 23.3 Å². The van der Waals surface area contributed by atoms with Crippen molar-refractivity contribution in [1.29, 1.82) is 0 Å². The largest absolute Gasteiger partial charge is 0.469 e. The Labute approximate surface area is 90.9 Å². The average Bonchev–Trinajstić information content (AvgIpc) is 2.63. The Morgan fingerprint density at radius 3 is 2.73 bits per heavy atom. The van der Waals surface area contributed by atoms with Gasteiger partial charge in [0.2, 0.25) is 0 Å². The zero-order valence-corrected chi connectivity index (χ0v) is 9.58. The first-order chi connectivity index (χ1) is 7.17. The van der Waals surface area contributed by atoms with E-state index < -0.39 is 0 Å². The van der Waals surface area contributed by atoms with Gasteiger partial charge >= 0.3 is 0 Å². The van der Waals surface area contributed by atoms with E-state index in [4.69, 9.17) is 4.42 Å². The lowest BCUT2D eigenvalue weighted by Gasteiger charge is -2.00. The van der Waals surface area contributed by atoms with Gasteiger partial charge in [0.05, 0.1) is 12.9 Å². The van der Waals surface area contributed by atoms with Crippen LogP contribution in [0.15, 0.2) is 34.0 Å². The standard InChI is InChI=1S/C13H18O2/c1-4-10(2)7-12(9-14)8-13-5-6-15-11(13)3/h5-8,14H,4,9H2,1-3H3/b10-7?,12-8+. The molecule has 0 radical (unpaired) electrons. The molecule has 0 fully saturated rings. The van der Waals surface area contributed by atoms with Crippen LogP contribution in [0.25, 0.3) is 6.08 Å². The Kier molecular flexibility index (Phi) is 4.37. The molecule has 0 aliphatic heterocycles. The molecule has 0 aliphatic carbocycles. The van der Waals surface area contributed by atoms with Crippen molar-refractivity contribution in [2.24, 2.45) is 0 Å². The van der Waals surface area contributed by atoms with E-state index >= 15 is 0 Å². The fourth-order valence-corrected chi connectivity index (χ4v) is 1.30. The van der Waals surface area contributed by atoms with Crippen LogP contribution in [-0.4, -0.2) is 11.7 Å². The summed E-state index contributed by atoms with van der Waals surface area (Å²) in [6.45, 7) is 6.13. The molecule has 0 saturated carbocycles. The smallest absolute Gasteiger partial charge is 0.107 e. The highest BCUT2D eigenvalue weighted by Gasteiger charge is 1.99. The third kappa shape index (κ3) is 3.40. The molecule has 0 amide bonds. The third-order valence-corrected chi connectivity index (χ3v) is 2.41. The van der Waals surface area contributed by atoms with Crippen molar-refractivity contribution in [1.82, 2.24) is 0 Å². The Morgan fingerprint density at radius 2 is 2.27 bits per heavy atom. The molecule has 1 heterocycles. The van der Waals surface area contributed by atoms with Crippen LogP contribution in [0, 0.1) is 6.92 Å². The fraction of sp³-hybridized carbons (Fsp3) is 0.385. The highest BCUT2D eigenvalue weighted by molar-refractivity contribution is 5.57. The van der Waals surface area contributed by atoms with E-state index in [9.17, 15) is 5.11 Å². The number of aliphatic hydroxyl groups excluding tert-OH is 1. The lowest BCUT2D eigenvalue weighted by molar-refractivity contribution is 0.336. The number of aryl methyl sites for hydroxylation is 1. The summed E-state index contributed by atoms with van der Waals surface area (Å²) in [5.41, 5.74) is 3.20. The second kappa shape index (κ2) is 5.56. The highest BCUT2D eigenvalue weighted by atomic mass is 16.3. The van der Waals surface area contributed by atoms with Gasteiger partial charge in [-0.1, -0.05) is 18.6 Å². The summed E-state index contributed by atoms with van der Waals surface area (Å²) in [6.07, 6.45) is 6.64. The van der Waals surface area contributed by atoms with E-state index in [0.29, 0.717) is 0 Å².